The van der Waals surface area contributed by atoms with Gasteiger partial charge in [-0.3, -0.25) is 4.79 Å². The van der Waals surface area contributed by atoms with Crippen LogP contribution in [-0.4, -0.2) is 37.4 Å². The third-order valence-corrected chi connectivity index (χ3v) is 4.68. The zero-order valence-electron chi connectivity index (χ0n) is 12.4. The van der Waals surface area contributed by atoms with E-state index in [1.165, 1.54) is 11.3 Å². The average molecular weight is 376 g/mol. The van der Waals surface area contributed by atoms with Gasteiger partial charge in [-0.2, -0.15) is 0 Å². The molecule has 0 fully saturated rings. The molecule has 1 aromatic heterocycles. The number of anilines is 1. The lowest BCUT2D eigenvalue weighted by molar-refractivity contribution is -0.117. The van der Waals surface area contributed by atoms with E-state index in [2.05, 4.69) is 10.3 Å². The summed E-state index contributed by atoms with van der Waals surface area (Å²) in [6.07, 6.45) is 1.20. The van der Waals surface area contributed by atoms with Gasteiger partial charge in [0.1, 0.15) is 9.84 Å². The van der Waals surface area contributed by atoms with Crippen LogP contribution in [0.15, 0.2) is 35.7 Å². The van der Waals surface area contributed by atoms with Crippen molar-refractivity contribution >= 4 is 44.6 Å². The summed E-state index contributed by atoms with van der Waals surface area (Å²) in [4.78, 5) is 16.2. The van der Waals surface area contributed by atoms with Gasteiger partial charge in [0.15, 0.2) is 5.13 Å². The number of nitrogens with two attached hydrogens (primary N) is 1. The fraction of sp³-hybridized carbons (Fsp3) is 0.286. The number of benzene rings is 1. The number of halogens is 1. The molecule has 6 nitrogen and oxygen atoms in total. The highest BCUT2D eigenvalue weighted by atomic mass is 35.5. The number of thiazole rings is 1. The summed E-state index contributed by atoms with van der Waals surface area (Å²) in [6, 6.07) is 8.72. The van der Waals surface area contributed by atoms with Crippen LogP contribution in [0, 0.1) is 0 Å². The molecular weight excluding hydrogens is 358 g/mol. The fourth-order valence-electron chi connectivity index (χ4n) is 1.74. The smallest absolute Gasteiger partial charge is 0.243 e. The molecule has 1 amide bonds. The van der Waals surface area contributed by atoms with Crippen LogP contribution in [0.2, 0.25) is 0 Å². The molecule has 1 heterocycles. The van der Waals surface area contributed by atoms with Gasteiger partial charge in [-0.1, -0.05) is 30.3 Å². The van der Waals surface area contributed by atoms with E-state index in [4.69, 9.17) is 5.73 Å². The van der Waals surface area contributed by atoms with Gasteiger partial charge in [-0.25, -0.2) is 13.4 Å². The van der Waals surface area contributed by atoms with Crippen molar-refractivity contribution in [2.75, 3.05) is 17.3 Å². The van der Waals surface area contributed by atoms with Crippen LogP contribution < -0.4 is 11.1 Å². The predicted octanol–water partition coefficient (Wildman–Crippen LogP) is 1.93. The number of hydrogen-bond donors (Lipinski definition) is 2. The summed E-state index contributed by atoms with van der Waals surface area (Å²) in [5.41, 5.74) is 7.42. The Kier molecular flexibility index (Phi) is 7.14. The number of rotatable bonds is 6. The minimum Gasteiger partial charge on any atom is -0.320 e. The standard InChI is InChI=1S/C14H17N3O3S2.ClH/c1-22(19,20)8-7-11(15)13(18)17-14-16-12(9-21-14)10-5-3-2-4-6-10;/h2-6,9,11H,7-8,15H2,1H3,(H,16,17,18);1H. The maximum absolute atomic E-state index is 11.9. The highest BCUT2D eigenvalue weighted by Gasteiger charge is 2.17. The number of nitrogens with zero attached hydrogens (tertiary/aromatic N) is 1. The molecule has 0 saturated heterocycles. The summed E-state index contributed by atoms with van der Waals surface area (Å²) >= 11 is 1.30. The molecular formula is C14H18ClN3O3S2. The van der Waals surface area contributed by atoms with Gasteiger partial charge in [-0.15, -0.1) is 23.7 Å². The second kappa shape index (κ2) is 8.39. The van der Waals surface area contributed by atoms with Gasteiger partial charge in [0, 0.05) is 17.2 Å². The highest BCUT2D eigenvalue weighted by molar-refractivity contribution is 7.90. The Labute approximate surface area is 145 Å². The third kappa shape index (κ3) is 6.26. The van der Waals surface area contributed by atoms with Crippen molar-refractivity contribution in [1.82, 2.24) is 4.98 Å². The molecule has 0 aliphatic carbocycles. The van der Waals surface area contributed by atoms with Crippen molar-refractivity contribution in [2.45, 2.75) is 12.5 Å². The first kappa shape index (κ1) is 19.6. The topological polar surface area (TPSA) is 102 Å². The second-order valence-electron chi connectivity index (χ2n) is 4.92. The van der Waals surface area contributed by atoms with Crippen molar-refractivity contribution < 1.29 is 13.2 Å². The number of carbonyl (C=O) groups excluding carboxylic acids is 1. The lowest BCUT2D eigenvalue weighted by Crippen LogP contribution is -2.37. The Hall–Kier alpha value is -1.48. The van der Waals surface area contributed by atoms with Gasteiger partial charge in [0.25, 0.3) is 0 Å². The molecule has 1 unspecified atom stereocenters. The Morgan fingerprint density at radius 1 is 1.35 bits per heavy atom. The van der Waals surface area contributed by atoms with Gasteiger partial charge in [-0.05, 0) is 6.42 Å². The molecule has 2 aromatic rings. The molecule has 0 spiro atoms. The number of sulfone groups is 1. The van der Waals surface area contributed by atoms with Crippen LogP contribution in [0.3, 0.4) is 0 Å². The summed E-state index contributed by atoms with van der Waals surface area (Å²) < 4.78 is 22.2. The van der Waals surface area contributed by atoms with E-state index < -0.39 is 21.8 Å². The predicted molar refractivity (Wildman–Crippen MR) is 95.7 cm³/mol. The molecule has 3 N–H and O–H groups in total. The Bertz CT molecular complexity index is 748. The zero-order valence-corrected chi connectivity index (χ0v) is 14.9. The Morgan fingerprint density at radius 3 is 2.61 bits per heavy atom. The average Bonchev–Trinajstić information content (AvgIpc) is 2.93. The van der Waals surface area contributed by atoms with Gasteiger partial charge in [0.2, 0.25) is 5.91 Å². The summed E-state index contributed by atoms with van der Waals surface area (Å²) in [6.45, 7) is 0. The number of amides is 1. The maximum Gasteiger partial charge on any atom is 0.243 e. The Morgan fingerprint density at radius 2 is 2.00 bits per heavy atom. The van der Waals surface area contributed by atoms with Crippen LogP contribution in [0.25, 0.3) is 11.3 Å². The van der Waals surface area contributed by atoms with Crippen molar-refractivity contribution in [3.63, 3.8) is 0 Å². The molecule has 23 heavy (non-hydrogen) atoms. The van der Waals surface area contributed by atoms with E-state index in [0.29, 0.717) is 5.13 Å². The van der Waals surface area contributed by atoms with E-state index in [9.17, 15) is 13.2 Å². The van der Waals surface area contributed by atoms with Crippen LogP contribution in [0.4, 0.5) is 5.13 Å². The Balaban J connectivity index is 0.00000264. The van der Waals surface area contributed by atoms with Crippen LogP contribution in [0.5, 0.6) is 0 Å². The number of carbonyl (C=O) groups is 1. The van der Waals surface area contributed by atoms with Crippen LogP contribution >= 0.6 is 23.7 Å². The molecule has 0 aliphatic heterocycles. The van der Waals surface area contributed by atoms with Gasteiger partial charge < -0.3 is 11.1 Å². The zero-order chi connectivity index (χ0) is 16.2. The van der Waals surface area contributed by atoms with Crippen molar-refractivity contribution in [3.05, 3.63) is 35.7 Å². The van der Waals surface area contributed by atoms with Crippen LogP contribution in [-0.2, 0) is 14.6 Å². The third-order valence-electron chi connectivity index (χ3n) is 2.94. The summed E-state index contributed by atoms with van der Waals surface area (Å²) in [5, 5.41) is 4.90. The molecule has 0 bridgehead atoms. The molecule has 0 aliphatic rings. The van der Waals surface area contributed by atoms with Crippen molar-refractivity contribution in [1.29, 1.82) is 0 Å². The summed E-state index contributed by atoms with van der Waals surface area (Å²) in [5.74, 6) is -0.549. The van der Waals surface area contributed by atoms with E-state index >= 15 is 0 Å². The molecule has 9 heteroatoms. The SMILES string of the molecule is CS(=O)(=O)CCC(N)C(=O)Nc1nc(-c2ccccc2)cs1.Cl. The molecule has 1 aromatic carbocycles. The van der Waals surface area contributed by atoms with Crippen LogP contribution in [0.1, 0.15) is 6.42 Å². The van der Waals surface area contributed by atoms with E-state index in [1.807, 2.05) is 35.7 Å². The molecule has 0 saturated carbocycles. The first-order valence-corrected chi connectivity index (χ1v) is 9.54. The molecule has 0 radical (unpaired) electrons. The van der Waals surface area contributed by atoms with Gasteiger partial charge >= 0.3 is 0 Å². The normalized spacial score (nSPS) is 12.3. The minimum atomic E-state index is -3.13. The van der Waals surface area contributed by atoms with Gasteiger partial charge in [0.05, 0.1) is 17.5 Å². The number of hydrogen-bond acceptors (Lipinski definition) is 6. The first-order valence-electron chi connectivity index (χ1n) is 6.60. The lowest BCUT2D eigenvalue weighted by Gasteiger charge is -2.09. The monoisotopic (exact) mass is 375 g/mol. The lowest BCUT2D eigenvalue weighted by atomic mass is 10.2. The fourth-order valence-corrected chi connectivity index (χ4v) is 3.15. The second-order valence-corrected chi connectivity index (χ2v) is 8.04. The maximum atomic E-state index is 11.9. The molecule has 126 valence electrons. The minimum absolute atomic E-state index is 0. The molecule has 2 rings (SSSR count). The van der Waals surface area contributed by atoms with E-state index in [1.54, 1.807) is 0 Å². The van der Waals surface area contributed by atoms with Crippen molar-refractivity contribution in [3.8, 4) is 11.3 Å². The summed E-state index contributed by atoms with van der Waals surface area (Å²) in [7, 11) is -3.13. The first-order chi connectivity index (χ1) is 10.3. The van der Waals surface area contributed by atoms with Crippen molar-refractivity contribution in [2.24, 2.45) is 5.73 Å². The van der Waals surface area contributed by atoms with E-state index in [0.717, 1.165) is 17.5 Å². The molecule has 1 atom stereocenters. The number of nitrogens with one attached hydrogen (secondary N) is 1. The highest BCUT2D eigenvalue weighted by Crippen LogP contribution is 2.24. The van der Waals surface area contributed by atoms with E-state index in [-0.39, 0.29) is 24.6 Å². The number of aromatic nitrogens is 1. The largest absolute Gasteiger partial charge is 0.320 e. The quantitative estimate of drug-likeness (QED) is 0.803.